The van der Waals surface area contributed by atoms with Gasteiger partial charge < -0.3 is 5.11 Å². The number of carbonyl (C=O) groups is 1. The summed E-state index contributed by atoms with van der Waals surface area (Å²) in [6.07, 6.45) is 0.636. The lowest BCUT2D eigenvalue weighted by molar-refractivity contribution is 0.203. The third kappa shape index (κ3) is 2.18. The van der Waals surface area contributed by atoms with Gasteiger partial charge >= 0.3 is 6.09 Å². The summed E-state index contributed by atoms with van der Waals surface area (Å²) in [5.74, 6) is 0. The Morgan fingerprint density at radius 3 is 2.85 bits per heavy atom. The summed E-state index contributed by atoms with van der Waals surface area (Å²) in [6.45, 7) is 1.77. The number of halogens is 1. The molecule has 0 saturated heterocycles. The zero-order valence-electron chi connectivity index (χ0n) is 7.28. The average Bonchev–Trinajstić information content (AvgIpc) is 2.08. The van der Waals surface area contributed by atoms with Gasteiger partial charge in [-0.1, -0.05) is 0 Å². The van der Waals surface area contributed by atoms with E-state index in [1.54, 1.807) is 19.2 Å². The van der Waals surface area contributed by atoms with Crippen LogP contribution in [-0.4, -0.2) is 23.2 Å². The zero-order chi connectivity index (χ0) is 10.0. The van der Waals surface area contributed by atoms with Crippen LogP contribution in [0.2, 0.25) is 0 Å². The minimum atomic E-state index is -0.997. The average molecular weight is 245 g/mol. The van der Waals surface area contributed by atoms with Crippen LogP contribution in [0.4, 0.5) is 10.5 Å². The van der Waals surface area contributed by atoms with Gasteiger partial charge in [0.2, 0.25) is 0 Å². The first kappa shape index (κ1) is 9.98. The van der Waals surface area contributed by atoms with Crippen molar-refractivity contribution in [1.29, 1.82) is 0 Å². The molecular formula is C8H9BrN2O2. The molecule has 5 heteroatoms. The second-order valence-electron chi connectivity index (χ2n) is 2.60. The van der Waals surface area contributed by atoms with Crippen LogP contribution in [0.5, 0.6) is 0 Å². The lowest BCUT2D eigenvalue weighted by Gasteiger charge is -2.14. The Bertz CT molecular complexity index is 341. The fourth-order valence-corrected chi connectivity index (χ4v) is 1.26. The number of amides is 1. The van der Waals surface area contributed by atoms with Gasteiger partial charge in [-0.3, -0.25) is 9.88 Å². The van der Waals surface area contributed by atoms with Crippen LogP contribution in [0.15, 0.2) is 16.7 Å². The molecule has 0 fully saturated rings. The highest BCUT2D eigenvalue weighted by molar-refractivity contribution is 9.10. The van der Waals surface area contributed by atoms with Gasteiger partial charge in [-0.25, -0.2) is 4.79 Å². The summed E-state index contributed by atoms with van der Waals surface area (Å²) in [6, 6.07) is 1.72. The van der Waals surface area contributed by atoms with Gasteiger partial charge in [0, 0.05) is 17.7 Å². The Morgan fingerprint density at radius 2 is 2.31 bits per heavy atom. The molecule has 4 nitrogen and oxygen atoms in total. The van der Waals surface area contributed by atoms with E-state index in [-0.39, 0.29) is 0 Å². The quantitative estimate of drug-likeness (QED) is 0.825. The Balaban J connectivity index is 3.12. The first-order valence-corrected chi connectivity index (χ1v) is 4.40. The molecule has 1 N–H and O–H groups in total. The lowest BCUT2D eigenvalue weighted by atomic mass is 10.3. The molecule has 0 unspecified atom stereocenters. The van der Waals surface area contributed by atoms with E-state index in [1.807, 2.05) is 0 Å². The highest BCUT2D eigenvalue weighted by Crippen LogP contribution is 2.21. The summed E-state index contributed by atoms with van der Waals surface area (Å²) in [5, 5.41) is 8.73. The Hall–Kier alpha value is -1.10. The van der Waals surface area contributed by atoms with E-state index in [4.69, 9.17) is 5.11 Å². The number of aromatic nitrogens is 1. The van der Waals surface area contributed by atoms with Crippen LogP contribution in [0.1, 0.15) is 5.69 Å². The number of aryl methyl sites for hydroxylation is 1. The van der Waals surface area contributed by atoms with Gasteiger partial charge in [0.25, 0.3) is 0 Å². The molecule has 0 atom stereocenters. The molecule has 0 saturated carbocycles. The maximum absolute atomic E-state index is 10.6. The second-order valence-corrected chi connectivity index (χ2v) is 3.52. The number of nitrogens with zero attached hydrogens (tertiary/aromatic N) is 2. The summed E-state index contributed by atoms with van der Waals surface area (Å²) < 4.78 is 0.765. The molecule has 1 aromatic rings. The highest BCUT2D eigenvalue weighted by Gasteiger charge is 2.11. The Kier molecular flexibility index (Phi) is 2.87. The van der Waals surface area contributed by atoms with Crippen molar-refractivity contribution in [2.45, 2.75) is 6.92 Å². The van der Waals surface area contributed by atoms with Crippen molar-refractivity contribution in [1.82, 2.24) is 4.98 Å². The van der Waals surface area contributed by atoms with Crippen molar-refractivity contribution in [3.05, 3.63) is 22.4 Å². The third-order valence-electron chi connectivity index (χ3n) is 1.68. The monoisotopic (exact) mass is 244 g/mol. The van der Waals surface area contributed by atoms with Crippen molar-refractivity contribution < 1.29 is 9.90 Å². The zero-order valence-corrected chi connectivity index (χ0v) is 8.87. The third-order valence-corrected chi connectivity index (χ3v) is 2.11. The highest BCUT2D eigenvalue weighted by atomic mass is 79.9. The number of hydrogen-bond acceptors (Lipinski definition) is 2. The van der Waals surface area contributed by atoms with Crippen LogP contribution >= 0.6 is 15.9 Å². The Labute approximate surface area is 84.3 Å². The smallest absolute Gasteiger partial charge is 0.411 e. The lowest BCUT2D eigenvalue weighted by Crippen LogP contribution is -2.24. The van der Waals surface area contributed by atoms with E-state index in [9.17, 15) is 4.79 Å². The van der Waals surface area contributed by atoms with Crippen molar-refractivity contribution in [3.63, 3.8) is 0 Å². The molecular weight excluding hydrogens is 236 g/mol. The minimum absolute atomic E-state index is 0.585. The van der Waals surface area contributed by atoms with E-state index in [1.165, 1.54) is 7.05 Å². The SMILES string of the molecule is Cc1ncc(Br)cc1N(C)C(=O)O. The fourth-order valence-electron chi connectivity index (χ4n) is 0.940. The largest absolute Gasteiger partial charge is 0.465 e. The molecule has 0 spiro atoms. The fraction of sp³-hybridized carbons (Fsp3) is 0.250. The normalized spacial score (nSPS) is 9.77. The van der Waals surface area contributed by atoms with Crippen molar-refractivity contribution >= 4 is 27.7 Å². The second kappa shape index (κ2) is 3.74. The summed E-state index contributed by atoms with van der Waals surface area (Å²) in [7, 11) is 1.48. The van der Waals surface area contributed by atoms with Gasteiger partial charge in [0.1, 0.15) is 0 Å². The van der Waals surface area contributed by atoms with Crippen LogP contribution < -0.4 is 4.90 Å². The Morgan fingerprint density at radius 1 is 1.69 bits per heavy atom. The number of carboxylic acid groups (broad SMARTS) is 1. The first-order valence-electron chi connectivity index (χ1n) is 3.61. The van der Waals surface area contributed by atoms with Crippen molar-refractivity contribution in [2.24, 2.45) is 0 Å². The molecule has 0 radical (unpaired) electrons. The van der Waals surface area contributed by atoms with Gasteiger partial charge in [0.05, 0.1) is 11.4 Å². The van der Waals surface area contributed by atoms with E-state index in [2.05, 4.69) is 20.9 Å². The molecule has 0 aliphatic rings. The maximum atomic E-state index is 10.6. The number of pyridine rings is 1. The molecule has 0 aromatic carbocycles. The number of rotatable bonds is 1. The molecule has 0 aliphatic heterocycles. The maximum Gasteiger partial charge on any atom is 0.411 e. The van der Waals surface area contributed by atoms with E-state index >= 15 is 0 Å². The first-order chi connectivity index (χ1) is 6.02. The van der Waals surface area contributed by atoms with Crippen LogP contribution in [0, 0.1) is 6.92 Å². The minimum Gasteiger partial charge on any atom is -0.465 e. The molecule has 1 rings (SSSR count). The number of hydrogen-bond donors (Lipinski definition) is 1. The van der Waals surface area contributed by atoms with E-state index < -0.39 is 6.09 Å². The van der Waals surface area contributed by atoms with Gasteiger partial charge in [0.15, 0.2) is 0 Å². The van der Waals surface area contributed by atoms with Crippen molar-refractivity contribution in [3.8, 4) is 0 Å². The van der Waals surface area contributed by atoms with Gasteiger partial charge in [-0.15, -0.1) is 0 Å². The predicted octanol–water partition coefficient (Wildman–Crippen LogP) is 2.27. The van der Waals surface area contributed by atoms with Crippen LogP contribution in [0.3, 0.4) is 0 Å². The van der Waals surface area contributed by atoms with Crippen LogP contribution in [-0.2, 0) is 0 Å². The van der Waals surface area contributed by atoms with Crippen LogP contribution in [0.25, 0.3) is 0 Å². The topological polar surface area (TPSA) is 53.4 Å². The molecule has 1 heterocycles. The molecule has 13 heavy (non-hydrogen) atoms. The van der Waals surface area contributed by atoms with Gasteiger partial charge in [-0.2, -0.15) is 0 Å². The van der Waals surface area contributed by atoms with Gasteiger partial charge in [-0.05, 0) is 28.9 Å². The number of anilines is 1. The summed E-state index contributed by atoms with van der Waals surface area (Å²) in [5.41, 5.74) is 1.27. The van der Waals surface area contributed by atoms with E-state index in [0.717, 1.165) is 9.37 Å². The molecule has 0 aliphatic carbocycles. The molecule has 0 bridgehead atoms. The molecule has 1 aromatic heterocycles. The van der Waals surface area contributed by atoms with Crippen molar-refractivity contribution in [2.75, 3.05) is 11.9 Å². The standard InChI is InChI=1S/C8H9BrN2O2/c1-5-7(11(2)8(12)13)3-6(9)4-10-5/h3-4H,1-2H3,(H,12,13). The molecule has 1 amide bonds. The molecule has 70 valence electrons. The van der Waals surface area contributed by atoms with E-state index in [0.29, 0.717) is 11.4 Å². The summed E-state index contributed by atoms with van der Waals surface area (Å²) in [4.78, 5) is 15.8. The summed E-state index contributed by atoms with van der Waals surface area (Å²) >= 11 is 3.23. The predicted molar refractivity (Wildman–Crippen MR) is 53.1 cm³/mol.